The molecular formula is C17H13F3N2O3. The van der Waals surface area contributed by atoms with Gasteiger partial charge in [0, 0.05) is 5.69 Å². The molecule has 1 N–H and O–H groups in total. The lowest BCUT2D eigenvalue weighted by molar-refractivity contribution is -0.137. The minimum atomic E-state index is -4.50. The van der Waals surface area contributed by atoms with Crippen molar-refractivity contribution in [1.29, 1.82) is 0 Å². The average Bonchev–Trinajstić information content (AvgIpc) is 2.57. The molecule has 2 aromatic rings. The molecule has 0 spiro atoms. The molecule has 130 valence electrons. The van der Waals surface area contributed by atoms with Crippen LogP contribution in [0.15, 0.2) is 48.5 Å². The van der Waals surface area contributed by atoms with Crippen LogP contribution in [-0.2, 0) is 15.8 Å². The number of nitrogens with zero attached hydrogens (tertiary/aromatic N) is 1. The first-order valence-electron chi connectivity index (χ1n) is 7.34. The van der Waals surface area contributed by atoms with E-state index in [4.69, 9.17) is 4.74 Å². The minimum absolute atomic E-state index is 0.00817. The van der Waals surface area contributed by atoms with E-state index in [9.17, 15) is 22.8 Å². The number of hydrogen-bond donors (Lipinski definition) is 1. The van der Waals surface area contributed by atoms with E-state index < -0.39 is 23.6 Å². The molecule has 0 saturated heterocycles. The van der Waals surface area contributed by atoms with Crippen molar-refractivity contribution in [1.82, 2.24) is 0 Å². The molecule has 0 bridgehead atoms. The molecule has 3 rings (SSSR count). The summed E-state index contributed by atoms with van der Waals surface area (Å²) < 4.78 is 43.4. The van der Waals surface area contributed by atoms with E-state index in [-0.39, 0.29) is 18.8 Å². The zero-order chi connectivity index (χ0) is 18.0. The second-order valence-electron chi connectivity index (χ2n) is 5.36. The monoisotopic (exact) mass is 350 g/mol. The number of carbonyl (C=O) groups excluding carboxylic acids is 2. The zero-order valence-electron chi connectivity index (χ0n) is 12.8. The number of halogens is 3. The lowest BCUT2D eigenvalue weighted by Crippen LogP contribution is -2.43. The molecule has 8 heteroatoms. The molecule has 0 aliphatic carbocycles. The van der Waals surface area contributed by atoms with Gasteiger partial charge in [0.05, 0.1) is 11.3 Å². The van der Waals surface area contributed by atoms with Gasteiger partial charge >= 0.3 is 6.18 Å². The Labute approximate surface area is 141 Å². The fourth-order valence-electron chi connectivity index (χ4n) is 2.44. The molecule has 2 amide bonds. The number of anilines is 2. The molecule has 0 aromatic heterocycles. The van der Waals surface area contributed by atoms with Crippen molar-refractivity contribution in [3.05, 3.63) is 54.1 Å². The van der Waals surface area contributed by atoms with E-state index in [1.165, 1.54) is 17.0 Å². The number of benzene rings is 2. The van der Waals surface area contributed by atoms with E-state index >= 15 is 0 Å². The molecule has 0 saturated carbocycles. The quantitative estimate of drug-likeness (QED) is 0.926. The van der Waals surface area contributed by atoms with Crippen molar-refractivity contribution < 1.29 is 27.5 Å². The molecule has 0 radical (unpaired) electrons. The summed E-state index contributed by atoms with van der Waals surface area (Å²) in [6.07, 6.45) is -4.50. The summed E-state index contributed by atoms with van der Waals surface area (Å²) in [6, 6.07) is 11.0. The maximum absolute atomic E-state index is 12.7. The van der Waals surface area contributed by atoms with Crippen LogP contribution in [0.3, 0.4) is 0 Å². The maximum atomic E-state index is 12.7. The Hall–Kier alpha value is -3.03. The number of amides is 2. The molecule has 0 atom stereocenters. The van der Waals surface area contributed by atoms with Gasteiger partial charge in [0.1, 0.15) is 12.3 Å². The van der Waals surface area contributed by atoms with Crippen LogP contribution >= 0.6 is 0 Å². The van der Waals surface area contributed by atoms with Crippen LogP contribution in [-0.4, -0.2) is 25.0 Å². The fraction of sp³-hybridized carbons (Fsp3) is 0.176. The van der Waals surface area contributed by atoms with Gasteiger partial charge in [-0.15, -0.1) is 0 Å². The van der Waals surface area contributed by atoms with E-state index in [0.717, 1.165) is 12.1 Å². The van der Waals surface area contributed by atoms with Crippen LogP contribution in [0.1, 0.15) is 5.56 Å². The van der Waals surface area contributed by atoms with Gasteiger partial charge in [-0.3, -0.25) is 14.5 Å². The van der Waals surface area contributed by atoms with Gasteiger partial charge in [-0.05, 0) is 30.3 Å². The van der Waals surface area contributed by atoms with E-state index in [2.05, 4.69) is 5.32 Å². The smallest absolute Gasteiger partial charge is 0.416 e. The summed E-state index contributed by atoms with van der Waals surface area (Å²) in [6.45, 7) is -0.524. The van der Waals surface area contributed by atoms with Crippen molar-refractivity contribution in [2.45, 2.75) is 6.18 Å². The van der Waals surface area contributed by atoms with E-state index in [1.54, 1.807) is 24.3 Å². The average molecular weight is 350 g/mol. The summed E-state index contributed by atoms with van der Waals surface area (Å²) in [4.78, 5) is 25.4. The minimum Gasteiger partial charge on any atom is -0.482 e. The van der Waals surface area contributed by atoms with Crippen LogP contribution in [0, 0.1) is 0 Å². The number of nitrogens with one attached hydrogen (secondary N) is 1. The van der Waals surface area contributed by atoms with E-state index in [0.29, 0.717) is 11.4 Å². The van der Waals surface area contributed by atoms with Gasteiger partial charge in [0.15, 0.2) is 6.61 Å². The largest absolute Gasteiger partial charge is 0.482 e. The Morgan fingerprint density at radius 2 is 1.92 bits per heavy atom. The normalized spacial score (nSPS) is 13.9. The summed E-state index contributed by atoms with van der Waals surface area (Å²) in [5.41, 5.74) is -0.412. The number of fused-ring (bicyclic) bond motifs is 1. The molecule has 25 heavy (non-hydrogen) atoms. The Balaban J connectivity index is 1.74. The first-order valence-corrected chi connectivity index (χ1v) is 7.34. The molecule has 5 nitrogen and oxygen atoms in total. The number of alkyl halides is 3. The van der Waals surface area contributed by atoms with Gasteiger partial charge < -0.3 is 10.1 Å². The van der Waals surface area contributed by atoms with Gasteiger partial charge in [-0.2, -0.15) is 13.2 Å². The standard InChI is InChI=1S/C17H13F3N2O3/c18-17(19,20)11-4-3-5-12(8-11)21-15(23)9-22-13-6-1-2-7-14(13)25-10-16(22)24/h1-8H,9-10H2,(H,21,23). The number of ether oxygens (including phenoxy) is 1. The third kappa shape index (κ3) is 3.73. The molecule has 0 fully saturated rings. The number of carbonyl (C=O) groups is 2. The Morgan fingerprint density at radius 3 is 2.68 bits per heavy atom. The highest BCUT2D eigenvalue weighted by molar-refractivity contribution is 6.04. The highest BCUT2D eigenvalue weighted by atomic mass is 19.4. The van der Waals surface area contributed by atoms with Crippen LogP contribution in [0.5, 0.6) is 5.75 Å². The predicted octanol–water partition coefficient (Wildman–Crippen LogP) is 3.07. The number of para-hydroxylation sites is 2. The fourth-order valence-corrected chi connectivity index (χ4v) is 2.44. The lowest BCUT2D eigenvalue weighted by atomic mass is 10.2. The first kappa shape index (κ1) is 16.8. The van der Waals surface area contributed by atoms with Crippen LogP contribution in [0.4, 0.5) is 24.5 Å². The highest BCUT2D eigenvalue weighted by Crippen LogP contribution is 2.32. The zero-order valence-corrected chi connectivity index (χ0v) is 12.8. The third-order valence-corrected chi connectivity index (χ3v) is 3.58. The Bertz CT molecular complexity index is 821. The summed E-state index contributed by atoms with van der Waals surface area (Å²) in [7, 11) is 0. The summed E-state index contributed by atoms with van der Waals surface area (Å²) in [5, 5.41) is 2.38. The summed E-state index contributed by atoms with van der Waals surface area (Å²) in [5.74, 6) is -0.545. The summed E-state index contributed by atoms with van der Waals surface area (Å²) >= 11 is 0. The topological polar surface area (TPSA) is 58.6 Å². The Morgan fingerprint density at radius 1 is 1.16 bits per heavy atom. The van der Waals surface area contributed by atoms with E-state index in [1.807, 2.05) is 0 Å². The second kappa shape index (κ2) is 6.46. The van der Waals surface area contributed by atoms with Crippen molar-refractivity contribution >= 4 is 23.2 Å². The number of hydrogen-bond acceptors (Lipinski definition) is 3. The molecule has 1 heterocycles. The highest BCUT2D eigenvalue weighted by Gasteiger charge is 2.31. The molecular weight excluding hydrogens is 337 g/mol. The number of rotatable bonds is 3. The molecule has 2 aromatic carbocycles. The van der Waals surface area contributed by atoms with Crippen molar-refractivity contribution in [2.75, 3.05) is 23.4 Å². The maximum Gasteiger partial charge on any atom is 0.416 e. The third-order valence-electron chi connectivity index (χ3n) is 3.58. The van der Waals surface area contributed by atoms with Gasteiger partial charge in [-0.1, -0.05) is 18.2 Å². The van der Waals surface area contributed by atoms with Crippen molar-refractivity contribution in [3.63, 3.8) is 0 Å². The Kier molecular flexibility index (Phi) is 4.35. The second-order valence-corrected chi connectivity index (χ2v) is 5.36. The van der Waals surface area contributed by atoms with Crippen molar-refractivity contribution in [3.8, 4) is 5.75 Å². The van der Waals surface area contributed by atoms with Crippen LogP contribution in [0.25, 0.3) is 0 Å². The molecule has 0 unspecified atom stereocenters. The lowest BCUT2D eigenvalue weighted by Gasteiger charge is -2.28. The molecule has 1 aliphatic heterocycles. The predicted molar refractivity (Wildman–Crippen MR) is 84.4 cm³/mol. The van der Waals surface area contributed by atoms with Crippen LogP contribution < -0.4 is 15.0 Å². The van der Waals surface area contributed by atoms with Crippen LogP contribution in [0.2, 0.25) is 0 Å². The van der Waals surface area contributed by atoms with Crippen molar-refractivity contribution in [2.24, 2.45) is 0 Å². The van der Waals surface area contributed by atoms with Gasteiger partial charge in [0.2, 0.25) is 5.91 Å². The molecule has 1 aliphatic rings. The first-order chi connectivity index (χ1) is 11.8. The SMILES string of the molecule is O=C(CN1C(=O)COc2ccccc21)Nc1cccc(C(F)(F)F)c1. The van der Waals surface area contributed by atoms with Gasteiger partial charge in [0.25, 0.3) is 5.91 Å². The van der Waals surface area contributed by atoms with Gasteiger partial charge in [-0.25, -0.2) is 0 Å².